The summed E-state index contributed by atoms with van der Waals surface area (Å²) < 4.78 is 0. The van der Waals surface area contributed by atoms with Gasteiger partial charge in [-0.15, -0.1) is 0 Å². The molecule has 2 N–H and O–H groups in total. The van der Waals surface area contributed by atoms with Crippen molar-refractivity contribution in [3.8, 4) is 11.4 Å². The summed E-state index contributed by atoms with van der Waals surface area (Å²) in [7, 11) is 0. The second-order valence-electron chi connectivity index (χ2n) is 5.95. The van der Waals surface area contributed by atoms with E-state index in [0.717, 1.165) is 0 Å². The molecule has 3 rings (SSSR count). The van der Waals surface area contributed by atoms with Crippen LogP contribution in [0.25, 0.3) is 17.5 Å². The van der Waals surface area contributed by atoms with Crippen molar-refractivity contribution in [1.82, 2.24) is 9.97 Å². The molecule has 1 amide bonds. The van der Waals surface area contributed by atoms with Crippen molar-refractivity contribution < 1.29 is 9.72 Å². The Bertz CT molecular complexity index is 1130. The van der Waals surface area contributed by atoms with Crippen LogP contribution >= 0.6 is 0 Å². The summed E-state index contributed by atoms with van der Waals surface area (Å²) in [5.41, 5.74) is 1.71. The molecule has 3 aromatic rings. The van der Waals surface area contributed by atoms with Crippen molar-refractivity contribution in [2.24, 2.45) is 0 Å². The number of amides is 1. The molecule has 0 aliphatic rings. The molecule has 1 aromatic heterocycles. The van der Waals surface area contributed by atoms with Gasteiger partial charge in [-0.3, -0.25) is 19.7 Å². The fraction of sp³-hybridized carbons (Fsp3) is 0.0500. The number of anilines is 1. The molecular weight excluding hydrogens is 360 g/mol. The van der Waals surface area contributed by atoms with Crippen molar-refractivity contribution in [2.45, 2.75) is 6.92 Å². The van der Waals surface area contributed by atoms with E-state index in [-0.39, 0.29) is 11.2 Å². The van der Waals surface area contributed by atoms with E-state index in [0.29, 0.717) is 28.3 Å². The molecule has 0 saturated carbocycles. The number of nitro benzene ring substituents is 1. The summed E-state index contributed by atoms with van der Waals surface area (Å²) in [5, 5.41) is 13.7. The Kier molecular flexibility index (Phi) is 5.40. The fourth-order valence-electron chi connectivity index (χ4n) is 2.60. The maximum atomic E-state index is 12.2. The fourth-order valence-corrected chi connectivity index (χ4v) is 2.60. The highest BCUT2D eigenvalue weighted by atomic mass is 16.6. The van der Waals surface area contributed by atoms with Gasteiger partial charge in [-0.2, -0.15) is 0 Å². The maximum Gasteiger partial charge on any atom is 0.276 e. The number of aryl methyl sites for hydroxylation is 1. The molecular formula is C20H16N4O4. The summed E-state index contributed by atoms with van der Waals surface area (Å²) in [4.78, 5) is 41.2. The molecule has 0 aliphatic heterocycles. The quantitative estimate of drug-likeness (QED) is 0.402. The first kappa shape index (κ1) is 18.7. The highest BCUT2D eigenvalue weighted by Crippen LogP contribution is 2.20. The summed E-state index contributed by atoms with van der Waals surface area (Å²) in [5.74, 6) is -0.0439. The Balaban J connectivity index is 1.78. The van der Waals surface area contributed by atoms with Gasteiger partial charge in [0.25, 0.3) is 11.2 Å². The molecule has 1 heterocycles. The van der Waals surface area contributed by atoms with E-state index in [2.05, 4.69) is 15.3 Å². The molecule has 0 fully saturated rings. The smallest absolute Gasteiger partial charge is 0.276 e. The Morgan fingerprint density at radius 1 is 1.18 bits per heavy atom. The van der Waals surface area contributed by atoms with Gasteiger partial charge in [0.15, 0.2) is 0 Å². The van der Waals surface area contributed by atoms with Crippen LogP contribution in [0.1, 0.15) is 11.3 Å². The minimum Gasteiger partial charge on any atom is -0.322 e. The highest BCUT2D eigenvalue weighted by molar-refractivity contribution is 6.02. The number of aromatic amines is 1. The third kappa shape index (κ3) is 4.55. The molecule has 8 nitrogen and oxygen atoms in total. The van der Waals surface area contributed by atoms with Crippen LogP contribution in [0.15, 0.2) is 65.5 Å². The first-order valence-electron chi connectivity index (χ1n) is 8.33. The lowest BCUT2D eigenvalue weighted by Crippen LogP contribution is -2.10. The summed E-state index contributed by atoms with van der Waals surface area (Å²) in [6.07, 6.45) is 2.61. The zero-order valence-electron chi connectivity index (χ0n) is 14.9. The molecule has 0 spiro atoms. The van der Waals surface area contributed by atoms with Gasteiger partial charge >= 0.3 is 0 Å². The largest absolute Gasteiger partial charge is 0.322 e. The molecule has 0 saturated heterocycles. The highest BCUT2D eigenvalue weighted by Gasteiger charge is 2.10. The summed E-state index contributed by atoms with van der Waals surface area (Å²) in [6.45, 7) is 1.72. The number of carbonyl (C=O) groups is 1. The first-order chi connectivity index (χ1) is 13.4. The number of H-pyrrole nitrogens is 1. The predicted molar refractivity (Wildman–Crippen MR) is 106 cm³/mol. The second-order valence-corrected chi connectivity index (χ2v) is 5.95. The Hall–Kier alpha value is -4.07. The number of nitrogens with one attached hydrogen (secondary N) is 2. The van der Waals surface area contributed by atoms with Gasteiger partial charge in [0.2, 0.25) is 5.91 Å². The van der Waals surface area contributed by atoms with Crippen LogP contribution in [0, 0.1) is 17.0 Å². The third-order valence-electron chi connectivity index (χ3n) is 3.82. The van der Waals surface area contributed by atoms with Crippen molar-refractivity contribution >= 4 is 23.4 Å². The molecule has 28 heavy (non-hydrogen) atoms. The van der Waals surface area contributed by atoms with Crippen LogP contribution < -0.4 is 10.9 Å². The normalized spacial score (nSPS) is 10.8. The van der Waals surface area contributed by atoms with Crippen LogP contribution in [-0.4, -0.2) is 20.8 Å². The van der Waals surface area contributed by atoms with E-state index >= 15 is 0 Å². The lowest BCUT2D eigenvalue weighted by molar-refractivity contribution is -0.385. The average Bonchev–Trinajstić information content (AvgIpc) is 2.66. The van der Waals surface area contributed by atoms with Gasteiger partial charge < -0.3 is 10.3 Å². The summed E-state index contributed by atoms with van der Waals surface area (Å²) in [6, 6.07) is 14.4. The number of carbonyl (C=O) groups excluding carboxylic acids is 1. The van der Waals surface area contributed by atoms with Gasteiger partial charge in [0.05, 0.1) is 10.5 Å². The molecule has 0 unspecified atom stereocenters. The van der Waals surface area contributed by atoms with E-state index in [1.54, 1.807) is 49.4 Å². The van der Waals surface area contributed by atoms with Crippen molar-refractivity contribution in [3.63, 3.8) is 0 Å². The number of rotatable bonds is 5. The Morgan fingerprint density at radius 2 is 1.96 bits per heavy atom. The number of aromatic nitrogens is 2. The minimum absolute atomic E-state index is 0.0805. The number of hydrogen-bond donors (Lipinski definition) is 2. The number of benzene rings is 2. The standard InChI is InChI=1S/C20H16N4O4/c1-13-11-19(26)23-20(21-13)15-6-4-7-16(12-15)22-18(25)10-9-14-5-2-3-8-17(14)24(27)28/h2-12H,1H3,(H,22,25)(H,21,23,26)/b10-9+. The molecule has 0 aliphatic carbocycles. The zero-order chi connectivity index (χ0) is 20.1. The molecule has 2 aromatic carbocycles. The monoisotopic (exact) mass is 376 g/mol. The van der Waals surface area contributed by atoms with Gasteiger partial charge in [0, 0.05) is 35.2 Å². The molecule has 0 radical (unpaired) electrons. The van der Waals surface area contributed by atoms with E-state index in [4.69, 9.17) is 0 Å². The Morgan fingerprint density at radius 3 is 2.71 bits per heavy atom. The van der Waals surface area contributed by atoms with Crippen LogP contribution in [0.4, 0.5) is 11.4 Å². The van der Waals surface area contributed by atoms with Gasteiger partial charge in [-0.25, -0.2) is 4.98 Å². The van der Waals surface area contributed by atoms with E-state index in [1.807, 2.05) is 0 Å². The molecule has 8 heteroatoms. The SMILES string of the molecule is Cc1cc(=O)[nH]c(-c2cccc(NC(=O)/C=C/c3ccccc3[N+](=O)[O-])c2)n1. The van der Waals surface area contributed by atoms with Crippen LogP contribution in [0.2, 0.25) is 0 Å². The van der Waals surface area contributed by atoms with Crippen molar-refractivity contribution in [1.29, 1.82) is 0 Å². The van der Waals surface area contributed by atoms with Crippen LogP contribution in [0.3, 0.4) is 0 Å². The van der Waals surface area contributed by atoms with Crippen molar-refractivity contribution in [2.75, 3.05) is 5.32 Å². The average molecular weight is 376 g/mol. The zero-order valence-corrected chi connectivity index (χ0v) is 14.9. The Labute approximate surface area is 159 Å². The first-order valence-corrected chi connectivity index (χ1v) is 8.33. The number of nitro groups is 1. The predicted octanol–water partition coefficient (Wildman–Crippen LogP) is 3.31. The lowest BCUT2D eigenvalue weighted by Gasteiger charge is -2.06. The molecule has 0 atom stereocenters. The molecule has 140 valence electrons. The van der Waals surface area contributed by atoms with E-state index in [1.165, 1.54) is 24.3 Å². The van der Waals surface area contributed by atoms with E-state index < -0.39 is 10.8 Å². The maximum absolute atomic E-state index is 12.2. The number of hydrogen-bond acceptors (Lipinski definition) is 5. The number of para-hydroxylation sites is 1. The van der Waals surface area contributed by atoms with Crippen molar-refractivity contribution in [3.05, 3.63) is 92.4 Å². The lowest BCUT2D eigenvalue weighted by atomic mass is 10.1. The second kappa shape index (κ2) is 8.09. The van der Waals surface area contributed by atoms with Crippen LogP contribution in [-0.2, 0) is 4.79 Å². The molecule has 0 bridgehead atoms. The topological polar surface area (TPSA) is 118 Å². The third-order valence-corrected chi connectivity index (χ3v) is 3.82. The van der Waals surface area contributed by atoms with Gasteiger partial charge in [-0.1, -0.05) is 24.3 Å². The number of nitrogens with zero attached hydrogens (tertiary/aromatic N) is 2. The van der Waals surface area contributed by atoms with E-state index in [9.17, 15) is 19.7 Å². The minimum atomic E-state index is -0.503. The van der Waals surface area contributed by atoms with Gasteiger partial charge in [0.1, 0.15) is 5.82 Å². The van der Waals surface area contributed by atoms with Crippen LogP contribution in [0.5, 0.6) is 0 Å². The summed E-state index contributed by atoms with van der Waals surface area (Å²) >= 11 is 0. The van der Waals surface area contributed by atoms with Gasteiger partial charge in [-0.05, 0) is 31.2 Å².